The summed E-state index contributed by atoms with van der Waals surface area (Å²) in [4.78, 5) is 24.3. The molecule has 1 aliphatic rings. The lowest BCUT2D eigenvalue weighted by molar-refractivity contribution is -0.141. The zero-order chi connectivity index (χ0) is 11.5. The summed E-state index contributed by atoms with van der Waals surface area (Å²) in [5.41, 5.74) is 0.619. The van der Waals surface area contributed by atoms with Crippen LogP contribution in [0.1, 0.15) is 16.8 Å². The van der Waals surface area contributed by atoms with E-state index in [9.17, 15) is 9.59 Å². The fraction of sp³-hybridized carbons (Fsp3) is 0.333. The van der Waals surface area contributed by atoms with Crippen LogP contribution in [0.2, 0.25) is 0 Å². The van der Waals surface area contributed by atoms with E-state index < -0.39 is 11.9 Å². The molecule has 1 aliphatic heterocycles. The van der Waals surface area contributed by atoms with Crippen LogP contribution in [0.25, 0.3) is 0 Å². The summed E-state index contributed by atoms with van der Waals surface area (Å²) < 4.78 is 0. The maximum Gasteiger partial charge on any atom is 0.308 e. The molecule has 0 unspecified atom stereocenters. The number of hydrogen-bond donors (Lipinski definition) is 1. The predicted octanol–water partition coefficient (Wildman–Crippen LogP) is 1.23. The Bertz CT molecular complexity index is 402. The maximum atomic E-state index is 11.9. The number of likely N-dealkylation sites (tertiary alicyclic amines) is 1. The molecule has 1 aromatic carbocycles. The van der Waals surface area contributed by atoms with Gasteiger partial charge in [0.25, 0.3) is 5.91 Å². The highest BCUT2D eigenvalue weighted by Gasteiger charge is 2.30. The van der Waals surface area contributed by atoms with Gasteiger partial charge in [-0.3, -0.25) is 9.59 Å². The summed E-state index contributed by atoms with van der Waals surface area (Å²) in [6.07, 6.45) is 0.550. The van der Waals surface area contributed by atoms with Crippen LogP contribution in [-0.2, 0) is 4.79 Å². The molecule has 0 bridgehead atoms. The quantitative estimate of drug-likeness (QED) is 0.814. The fourth-order valence-corrected chi connectivity index (χ4v) is 1.91. The molecule has 2 rings (SSSR count). The van der Waals surface area contributed by atoms with Crippen LogP contribution in [0.3, 0.4) is 0 Å². The molecule has 0 spiro atoms. The molecule has 1 aromatic rings. The van der Waals surface area contributed by atoms with Gasteiger partial charge < -0.3 is 10.0 Å². The minimum absolute atomic E-state index is 0.0793. The van der Waals surface area contributed by atoms with Crippen molar-refractivity contribution < 1.29 is 14.7 Å². The van der Waals surface area contributed by atoms with E-state index in [1.807, 2.05) is 6.07 Å². The third-order valence-corrected chi connectivity index (χ3v) is 2.85. The van der Waals surface area contributed by atoms with Gasteiger partial charge in [0.2, 0.25) is 0 Å². The number of carboxylic acids is 1. The third-order valence-electron chi connectivity index (χ3n) is 2.85. The monoisotopic (exact) mass is 219 g/mol. The van der Waals surface area contributed by atoms with Gasteiger partial charge in [-0.15, -0.1) is 0 Å². The van der Waals surface area contributed by atoms with Gasteiger partial charge in [0.15, 0.2) is 0 Å². The fourth-order valence-electron chi connectivity index (χ4n) is 1.91. The molecule has 1 fully saturated rings. The second-order valence-corrected chi connectivity index (χ2v) is 3.94. The number of nitrogens with zero attached hydrogens (tertiary/aromatic N) is 1. The summed E-state index contributed by atoms with van der Waals surface area (Å²) >= 11 is 0. The van der Waals surface area contributed by atoms with Gasteiger partial charge in [0, 0.05) is 18.7 Å². The maximum absolute atomic E-state index is 11.9. The number of amides is 1. The molecule has 1 N–H and O–H groups in total. The predicted molar refractivity (Wildman–Crippen MR) is 58.1 cm³/mol. The topological polar surface area (TPSA) is 57.6 Å². The Balaban J connectivity index is 2.05. The van der Waals surface area contributed by atoms with E-state index in [0.717, 1.165) is 0 Å². The summed E-state index contributed by atoms with van der Waals surface area (Å²) in [7, 11) is 0. The smallest absolute Gasteiger partial charge is 0.308 e. The lowest BCUT2D eigenvalue weighted by atomic mass is 10.1. The van der Waals surface area contributed by atoms with Crippen LogP contribution < -0.4 is 0 Å². The molecule has 16 heavy (non-hydrogen) atoms. The molecule has 4 heteroatoms. The van der Waals surface area contributed by atoms with Crippen molar-refractivity contribution in [1.82, 2.24) is 4.90 Å². The van der Waals surface area contributed by atoms with Crippen molar-refractivity contribution in [3.8, 4) is 0 Å². The van der Waals surface area contributed by atoms with Gasteiger partial charge in [0.05, 0.1) is 5.92 Å². The zero-order valence-electron chi connectivity index (χ0n) is 8.80. The van der Waals surface area contributed by atoms with E-state index in [1.165, 1.54) is 0 Å². The standard InChI is InChI=1S/C12H13NO3/c14-11(9-4-2-1-3-5-9)13-7-6-10(8-13)12(15)16/h1-5,10H,6-8H2,(H,15,16)/t10-/m1/s1. The van der Waals surface area contributed by atoms with Crippen LogP contribution in [-0.4, -0.2) is 35.0 Å². The molecule has 1 saturated heterocycles. The van der Waals surface area contributed by atoms with Gasteiger partial charge in [-0.05, 0) is 18.6 Å². The number of carbonyl (C=O) groups excluding carboxylic acids is 1. The summed E-state index contributed by atoms with van der Waals surface area (Å²) in [5, 5.41) is 8.85. The Labute approximate surface area is 93.5 Å². The largest absolute Gasteiger partial charge is 0.481 e. The minimum atomic E-state index is -0.816. The Morgan fingerprint density at radius 3 is 2.50 bits per heavy atom. The van der Waals surface area contributed by atoms with Crippen LogP contribution in [0.15, 0.2) is 30.3 Å². The van der Waals surface area contributed by atoms with Crippen molar-refractivity contribution in [3.05, 3.63) is 35.9 Å². The van der Waals surface area contributed by atoms with Crippen molar-refractivity contribution in [2.24, 2.45) is 5.92 Å². The highest BCUT2D eigenvalue weighted by molar-refractivity contribution is 5.94. The molecule has 0 aromatic heterocycles. The summed E-state index contributed by atoms with van der Waals surface area (Å²) in [6.45, 7) is 0.855. The molecule has 1 atom stereocenters. The van der Waals surface area contributed by atoms with E-state index >= 15 is 0 Å². The van der Waals surface area contributed by atoms with E-state index in [1.54, 1.807) is 29.2 Å². The van der Waals surface area contributed by atoms with Crippen molar-refractivity contribution in [2.75, 3.05) is 13.1 Å². The Hall–Kier alpha value is -1.84. The lowest BCUT2D eigenvalue weighted by Gasteiger charge is -2.15. The Morgan fingerprint density at radius 1 is 1.25 bits per heavy atom. The van der Waals surface area contributed by atoms with Crippen LogP contribution in [0.5, 0.6) is 0 Å². The minimum Gasteiger partial charge on any atom is -0.481 e. The number of rotatable bonds is 2. The first kappa shape index (κ1) is 10.7. The number of aliphatic carboxylic acids is 1. The molecule has 84 valence electrons. The van der Waals surface area contributed by atoms with Crippen LogP contribution in [0, 0.1) is 5.92 Å². The highest BCUT2D eigenvalue weighted by Crippen LogP contribution is 2.18. The van der Waals surface area contributed by atoms with Crippen LogP contribution in [0.4, 0.5) is 0 Å². The van der Waals surface area contributed by atoms with Gasteiger partial charge in [0.1, 0.15) is 0 Å². The normalized spacial score (nSPS) is 19.8. The average molecular weight is 219 g/mol. The van der Waals surface area contributed by atoms with Crippen molar-refractivity contribution >= 4 is 11.9 Å². The molecule has 0 radical (unpaired) electrons. The van der Waals surface area contributed by atoms with Crippen molar-refractivity contribution in [1.29, 1.82) is 0 Å². The van der Waals surface area contributed by atoms with E-state index in [4.69, 9.17) is 5.11 Å². The third kappa shape index (κ3) is 2.05. The highest BCUT2D eigenvalue weighted by atomic mass is 16.4. The van der Waals surface area contributed by atoms with E-state index in [-0.39, 0.29) is 5.91 Å². The number of hydrogen-bond acceptors (Lipinski definition) is 2. The Morgan fingerprint density at radius 2 is 1.94 bits per heavy atom. The molecule has 1 amide bonds. The average Bonchev–Trinajstić information content (AvgIpc) is 2.78. The molecule has 0 saturated carbocycles. The van der Waals surface area contributed by atoms with Gasteiger partial charge in [-0.2, -0.15) is 0 Å². The molecule has 4 nitrogen and oxygen atoms in total. The van der Waals surface area contributed by atoms with E-state index in [2.05, 4.69) is 0 Å². The van der Waals surface area contributed by atoms with Gasteiger partial charge in [-0.25, -0.2) is 0 Å². The van der Waals surface area contributed by atoms with Crippen molar-refractivity contribution in [2.45, 2.75) is 6.42 Å². The second-order valence-electron chi connectivity index (χ2n) is 3.94. The number of benzene rings is 1. The number of carboxylic acid groups (broad SMARTS) is 1. The van der Waals surface area contributed by atoms with Gasteiger partial charge in [-0.1, -0.05) is 18.2 Å². The SMILES string of the molecule is O=C(O)[C@@H]1CCN(C(=O)c2ccccc2)C1. The first-order valence-electron chi connectivity index (χ1n) is 5.25. The van der Waals surface area contributed by atoms with Gasteiger partial charge >= 0.3 is 5.97 Å². The van der Waals surface area contributed by atoms with Crippen molar-refractivity contribution in [3.63, 3.8) is 0 Å². The molecule has 0 aliphatic carbocycles. The molecular weight excluding hydrogens is 206 g/mol. The van der Waals surface area contributed by atoms with E-state index in [0.29, 0.717) is 25.1 Å². The summed E-state index contributed by atoms with van der Waals surface area (Å²) in [6, 6.07) is 8.95. The lowest BCUT2D eigenvalue weighted by Crippen LogP contribution is -2.29. The zero-order valence-corrected chi connectivity index (χ0v) is 8.80. The molecular formula is C12H13NO3. The summed E-state index contributed by atoms with van der Waals surface area (Å²) in [5.74, 6) is -1.31. The first-order valence-corrected chi connectivity index (χ1v) is 5.25. The van der Waals surface area contributed by atoms with Crippen LogP contribution >= 0.6 is 0 Å². The number of carbonyl (C=O) groups is 2. The molecule has 1 heterocycles. The Kier molecular flexibility index (Phi) is 2.90. The first-order chi connectivity index (χ1) is 7.68. The second kappa shape index (κ2) is 4.35.